The van der Waals surface area contributed by atoms with Gasteiger partial charge in [0.05, 0.1) is 5.56 Å². The van der Waals surface area contributed by atoms with E-state index in [1.165, 1.54) is 5.56 Å². The second-order valence-electron chi connectivity index (χ2n) is 10.0. The van der Waals surface area contributed by atoms with Gasteiger partial charge in [-0.25, -0.2) is 4.79 Å². The number of anilines is 3. The monoisotopic (exact) mass is 514 g/mol. The van der Waals surface area contributed by atoms with Gasteiger partial charge in [-0.1, -0.05) is 48.0 Å². The van der Waals surface area contributed by atoms with Gasteiger partial charge >= 0.3 is 5.97 Å². The van der Waals surface area contributed by atoms with E-state index in [1.54, 1.807) is 0 Å². The summed E-state index contributed by atoms with van der Waals surface area (Å²) in [5, 5.41) is 3.55. The van der Waals surface area contributed by atoms with Gasteiger partial charge in [0.25, 0.3) is 0 Å². The highest BCUT2D eigenvalue weighted by atomic mass is 16.6. The van der Waals surface area contributed by atoms with E-state index >= 15 is 0 Å². The minimum Gasteiger partial charge on any atom is -0.456 e. The third-order valence-electron chi connectivity index (χ3n) is 7.42. The third-order valence-corrected chi connectivity index (χ3v) is 7.42. The van der Waals surface area contributed by atoms with Crippen LogP contribution in [-0.4, -0.2) is 19.1 Å². The number of hydrogen-bond donors (Lipinski definition) is 1. The summed E-state index contributed by atoms with van der Waals surface area (Å²) in [7, 11) is 0. The van der Waals surface area contributed by atoms with Crippen LogP contribution in [0.4, 0.5) is 17.1 Å². The van der Waals surface area contributed by atoms with Crippen molar-refractivity contribution in [2.75, 3.05) is 23.3 Å². The van der Waals surface area contributed by atoms with E-state index in [2.05, 4.69) is 55.4 Å². The molecule has 4 aromatic carbocycles. The normalized spacial score (nSPS) is 16.4. The Balaban J connectivity index is 1.52. The molecule has 5 heteroatoms. The Morgan fingerprint density at radius 1 is 0.846 bits per heavy atom. The first-order valence-corrected chi connectivity index (χ1v) is 13.1. The number of esters is 1. The lowest BCUT2D eigenvalue weighted by molar-refractivity contribution is 0.0224. The van der Waals surface area contributed by atoms with Crippen LogP contribution in [0.2, 0.25) is 0 Å². The molecule has 5 nitrogen and oxygen atoms in total. The number of nitrogens with one attached hydrogen (secondary N) is 1. The Morgan fingerprint density at radius 2 is 1.64 bits per heavy atom. The molecule has 0 aliphatic carbocycles. The number of carbonyl (C=O) groups excluding carboxylic acids is 1. The van der Waals surface area contributed by atoms with E-state index in [-0.39, 0.29) is 5.97 Å². The summed E-state index contributed by atoms with van der Waals surface area (Å²) < 4.78 is 12.9. The van der Waals surface area contributed by atoms with E-state index < -0.39 is 5.60 Å². The molecule has 1 unspecified atom stereocenters. The first kappa shape index (κ1) is 24.6. The summed E-state index contributed by atoms with van der Waals surface area (Å²) in [6.07, 6.45) is 3.72. The average Bonchev–Trinajstić information content (AvgIpc) is 3.23. The van der Waals surface area contributed by atoms with Crippen LogP contribution in [0.3, 0.4) is 0 Å². The summed E-state index contributed by atoms with van der Waals surface area (Å²) >= 11 is 0. The molecule has 6 rings (SSSR count). The number of ether oxygens (including phenoxy) is 2. The summed E-state index contributed by atoms with van der Waals surface area (Å²) in [6, 6.07) is 25.9. The van der Waals surface area contributed by atoms with Crippen LogP contribution in [0, 0.1) is 13.8 Å². The minimum atomic E-state index is -1.13. The van der Waals surface area contributed by atoms with Gasteiger partial charge in [0, 0.05) is 52.9 Å². The molecule has 1 spiro atoms. The third kappa shape index (κ3) is 3.98. The summed E-state index contributed by atoms with van der Waals surface area (Å²) in [4.78, 5) is 15.4. The van der Waals surface area contributed by atoms with Crippen molar-refractivity contribution in [3.63, 3.8) is 0 Å². The van der Waals surface area contributed by atoms with E-state index in [0.29, 0.717) is 30.2 Å². The van der Waals surface area contributed by atoms with Gasteiger partial charge in [0.15, 0.2) is 5.60 Å². The van der Waals surface area contributed by atoms with Crippen molar-refractivity contribution in [3.05, 3.63) is 138 Å². The standard InChI is InChI=1S/C34H30N2O3/c1-5-17-36(18-6-2)25-13-14-28-32(21-25)38-31-16-12-24(35-30-15-11-22(3)19-23(30)4)20-29(31)34(28)27-10-8-7-9-26(27)33(37)39-34/h5-16,19-21,35H,1-2,17-18H2,3-4H3. The largest absolute Gasteiger partial charge is 0.456 e. The molecular formula is C34H30N2O3. The topological polar surface area (TPSA) is 50.8 Å². The first-order valence-electron chi connectivity index (χ1n) is 13.1. The zero-order valence-corrected chi connectivity index (χ0v) is 22.2. The maximum absolute atomic E-state index is 13.2. The smallest absolute Gasteiger partial charge is 0.340 e. The highest BCUT2D eigenvalue weighted by molar-refractivity contribution is 5.97. The molecule has 2 aliphatic heterocycles. The Labute approximate surface area is 229 Å². The quantitative estimate of drug-likeness (QED) is 0.201. The van der Waals surface area contributed by atoms with Gasteiger partial charge in [0.1, 0.15) is 11.5 Å². The predicted molar refractivity (Wildman–Crippen MR) is 157 cm³/mol. The molecule has 39 heavy (non-hydrogen) atoms. The zero-order chi connectivity index (χ0) is 27.1. The summed E-state index contributed by atoms with van der Waals surface area (Å²) in [5.74, 6) is 0.952. The van der Waals surface area contributed by atoms with Crippen molar-refractivity contribution in [2.45, 2.75) is 19.4 Å². The fourth-order valence-electron chi connectivity index (χ4n) is 5.64. The van der Waals surface area contributed by atoms with Crippen molar-refractivity contribution in [1.82, 2.24) is 0 Å². The number of fused-ring (bicyclic) bond motifs is 6. The fraction of sp³-hybridized carbons (Fsp3) is 0.147. The molecule has 0 amide bonds. The van der Waals surface area contributed by atoms with Crippen LogP contribution >= 0.6 is 0 Å². The fourth-order valence-corrected chi connectivity index (χ4v) is 5.64. The second-order valence-corrected chi connectivity index (χ2v) is 10.0. The lowest BCUT2D eigenvalue weighted by Gasteiger charge is -2.37. The van der Waals surface area contributed by atoms with Crippen LogP contribution in [0.15, 0.2) is 104 Å². The van der Waals surface area contributed by atoms with Crippen molar-refractivity contribution < 1.29 is 14.3 Å². The summed E-state index contributed by atoms with van der Waals surface area (Å²) in [6.45, 7) is 13.3. The number of rotatable bonds is 7. The molecular weight excluding hydrogens is 484 g/mol. The van der Waals surface area contributed by atoms with E-state index in [9.17, 15) is 4.79 Å². The molecule has 0 fully saturated rings. The average molecular weight is 515 g/mol. The molecule has 0 saturated heterocycles. The van der Waals surface area contributed by atoms with Crippen LogP contribution in [0.5, 0.6) is 11.5 Å². The molecule has 0 radical (unpaired) electrons. The second kappa shape index (κ2) is 9.52. The maximum Gasteiger partial charge on any atom is 0.340 e. The van der Waals surface area contributed by atoms with Crippen LogP contribution in [0.25, 0.3) is 0 Å². The molecule has 0 saturated carbocycles. The highest BCUT2D eigenvalue weighted by Crippen LogP contribution is 2.57. The molecule has 2 aliphatic rings. The van der Waals surface area contributed by atoms with Crippen LogP contribution in [-0.2, 0) is 10.3 Å². The van der Waals surface area contributed by atoms with Crippen LogP contribution in [0.1, 0.15) is 38.2 Å². The Bertz CT molecular complexity index is 1630. The molecule has 1 atom stereocenters. The van der Waals surface area contributed by atoms with Gasteiger partial charge in [0.2, 0.25) is 0 Å². The van der Waals surface area contributed by atoms with Gasteiger partial charge in [-0.15, -0.1) is 13.2 Å². The molecule has 4 aromatic rings. The lowest BCUT2D eigenvalue weighted by atomic mass is 9.77. The molecule has 2 heterocycles. The number of hydrogen-bond acceptors (Lipinski definition) is 5. The molecule has 194 valence electrons. The lowest BCUT2D eigenvalue weighted by Crippen LogP contribution is -2.33. The number of carbonyl (C=O) groups is 1. The Morgan fingerprint density at radius 3 is 2.41 bits per heavy atom. The SMILES string of the molecule is C=CCN(CC=C)c1ccc2c(c1)Oc1ccc(Nc3ccc(C)cc3C)cc1C21OC(=O)c2ccccc21. The van der Waals surface area contributed by atoms with Gasteiger partial charge in [-0.3, -0.25) is 0 Å². The van der Waals surface area contributed by atoms with Crippen molar-refractivity contribution >= 4 is 23.0 Å². The summed E-state index contributed by atoms with van der Waals surface area (Å²) in [5.41, 5.74) is 7.05. The minimum absolute atomic E-state index is 0.346. The van der Waals surface area contributed by atoms with Crippen LogP contribution < -0.4 is 15.0 Å². The van der Waals surface area contributed by atoms with Gasteiger partial charge < -0.3 is 19.7 Å². The van der Waals surface area contributed by atoms with Crippen molar-refractivity contribution in [1.29, 1.82) is 0 Å². The number of nitrogens with zero attached hydrogens (tertiary/aromatic N) is 1. The van der Waals surface area contributed by atoms with Crippen molar-refractivity contribution in [3.8, 4) is 11.5 Å². The predicted octanol–water partition coefficient (Wildman–Crippen LogP) is 7.79. The van der Waals surface area contributed by atoms with E-state index in [0.717, 1.165) is 39.3 Å². The molecule has 0 aromatic heterocycles. The Kier molecular flexibility index (Phi) is 5.99. The van der Waals surface area contributed by atoms with E-state index in [1.807, 2.05) is 72.8 Å². The highest BCUT2D eigenvalue weighted by Gasteiger charge is 2.53. The maximum atomic E-state index is 13.2. The number of aryl methyl sites for hydroxylation is 2. The first-order chi connectivity index (χ1) is 18.9. The Hall–Kier alpha value is -4.77. The zero-order valence-electron chi connectivity index (χ0n) is 22.2. The van der Waals surface area contributed by atoms with E-state index in [4.69, 9.17) is 9.47 Å². The number of benzene rings is 4. The van der Waals surface area contributed by atoms with Crippen molar-refractivity contribution in [2.24, 2.45) is 0 Å². The van der Waals surface area contributed by atoms with Gasteiger partial charge in [-0.05, 0) is 61.9 Å². The molecule has 0 bridgehead atoms. The molecule has 1 N–H and O–H groups in total. The van der Waals surface area contributed by atoms with Gasteiger partial charge in [-0.2, -0.15) is 0 Å².